The quantitative estimate of drug-likeness (QED) is 0.632. The van der Waals surface area contributed by atoms with E-state index in [1.165, 1.54) is 25.3 Å². The monoisotopic (exact) mass is 279 g/mol. The first-order valence-electron chi connectivity index (χ1n) is 6.46. The Labute approximate surface area is 116 Å². The molecule has 1 aromatic rings. The summed E-state index contributed by atoms with van der Waals surface area (Å²) in [4.78, 5) is 22.2. The summed E-state index contributed by atoms with van der Waals surface area (Å²) in [6.45, 7) is 0.929. The second-order valence-electron chi connectivity index (χ2n) is 4.69. The summed E-state index contributed by atoms with van der Waals surface area (Å²) in [5, 5.41) is 16.7. The van der Waals surface area contributed by atoms with E-state index in [0.29, 0.717) is 17.9 Å². The summed E-state index contributed by atoms with van der Waals surface area (Å²) in [6.07, 6.45) is 2.39. The Morgan fingerprint density at radius 1 is 1.60 bits per heavy atom. The van der Waals surface area contributed by atoms with Crippen LogP contribution in [0.25, 0.3) is 0 Å². The van der Waals surface area contributed by atoms with Gasteiger partial charge in [0.25, 0.3) is 5.69 Å². The van der Waals surface area contributed by atoms with Gasteiger partial charge in [0.05, 0.1) is 17.7 Å². The predicted octanol–water partition coefficient (Wildman–Crippen LogP) is 1.68. The van der Waals surface area contributed by atoms with Gasteiger partial charge >= 0.3 is 0 Å². The summed E-state index contributed by atoms with van der Waals surface area (Å²) in [6, 6.07) is 4.30. The maximum atomic E-state index is 11.9. The van der Waals surface area contributed by atoms with Crippen LogP contribution in [0.1, 0.15) is 19.3 Å². The van der Waals surface area contributed by atoms with E-state index < -0.39 is 4.92 Å². The van der Waals surface area contributed by atoms with E-state index in [2.05, 4.69) is 10.6 Å². The number of benzene rings is 1. The average Bonchev–Trinajstić information content (AvgIpc) is 2.91. The molecule has 1 amide bonds. The number of carbonyl (C=O) groups excluding carboxylic acids is 1. The molecule has 7 nitrogen and oxygen atoms in total. The zero-order valence-corrected chi connectivity index (χ0v) is 11.2. The van der Waals surface area contributed by atoms with Gasteiger partial charge in [0.15, 0.2) is 0 Å². The molecule has 2 N–H and O–H groups in total. The number of nitro groups is 1. The third-order valence-corrected chi connectivity index (χ3v) is 3.26. The smallest absolute Gasteiger partial charge is 0.271 e. The lowest BCUT2D eigenvalue weighted by Crippen LogP contribution is -2.27. The van der Waals surface area contributed by atoms with Crippen LogP contribution in [0.3, 0.4) is 0 Å². The van der Waals surface area contributed by atoms with Gasteiger partial charge in [-0.05, 0) is 25.5 Å². The van der Waals surface area contributed by atoms with E-state index in [1.54, 1.807) is 0 Å². The van der Waals surface area contributed by atoms with Crippen LogP contribution >= 0.6 is 0 Å². The molecule has 1 unspecified atom stereocenters. The Balaban J connectivity index is 2.07. The first kappa shape index (κ1) is 14.3. The Morgan fingerprint density at radius 2 is 2.40 bits per heavy atom. The average molecular weight is 279 g/mol. The molecule has 0 radical (unpaired) electrons. The molecular weight excluding hydrogens is 262 g/mol. The Morgan fingerprint density at radius 3 is 3.00 bits per heavy atom. The first-order valence-corrected chi connectivity index (χ1v) is 6.46. The topological polar surface area (TPSA) is 93.5 Å². The Bertz CT molecular complexity index is 512. The van der Waals surface area contributed by atoms with Crippen molar-refractivity contribution in [2.24, 2.45) is 0 Å². The normalized spacial score (nSPS) is 17.8. The standard InChI is InChI=1S/C13H17N3O4/c1-20-12-5-4-10(16(18)19)8-11(12)15-13(17)7-9-3-2-6-14-9/h4-5,8-9,14H,2-3,6-7H2,1H3,(H,15,17). The summed E-state index contributed by atoms with van der Waals surface area (Å²) >= 11 is 0. The second kappa shape index (κ2) is 6.33. The molecule has 0 saturated carbocycles. The molecule has 1 heterocycles. The number of nitro benzene ring substituents is 1. The molecule has 20 heavy (non-hydrogen) atoms. The first-order chi connectivity index (χ1) is 9.60. The molecule has 1 fully saturated rings. The maximum Gasteiger partial charge on any atom is 0.271 e. The van der Waals surface area contributed by atoms with Crippen LogP contribution in [0.5, 0.6) is 5.75 Å². The number of ether oxygens (including phenoxy) is 1. The van der Waals surface area contributed by atoms with Crippen molar-refractivity contribution >= 4 is 17.3 Å². The van der Waals surface area contributed by atoms with Crippen molar-refractivity contribution in [2.45, 2.75) is 25.3 Å². The lowest BCUT2D eigenvalue weighted by molar-refractivity contribution is -0.384. The van der Waals surface area contributed by atoms with Crippen molar-refractivity contribution in [1.82, 2.24) is 5.32 Å². The molecule has 2 rings (SSSR count). The third kappa shape index (κ3) is 3.45. The van der Waals surface area contributed by atoms with Crippen molar-refractivity contribution in [3.05, 3.63) is 28.3 Å². The fraction of sp³-hybridized carbons (Fsp3) is 0.462. The molecule has 0 aromatic heterocycles. The van der Waals surface area contributed by atoms with Gasteiger partial charge in [-0.25, -0.2) is 0 Å². The van der Waals surface area contributed by atoms with Crippen molar-refractivity contribution in [1.29, 1.82) is 0 Å². The van der Waals surface area contributed by atoms with Crippen molar-refractivity contribution in [2.75, 3.05) is 19.0 Å². The van der Waals surface area contributed by atoms with Crippen LogP contribution in [0, 0.1) is 10.1 Å². The van der Waals surface area contributed by atoms with Gasteiger partial charge < -0.3 is 15.4 Å². The summed E-state index contributed by atoms with van der Waals surface area (Å²) < 4.78 is 5.10. The third-order valence-electron chi connectivity index (χ3n) is 3.26. The van der Waals surface area contributed by atoms with Gasteiger partial charge in [-0.2, -0.15) is 0 Å². The van der Waals surface area contributed by atoms with Gasteiger partial charge in [-0.1, -0.05) is 0 Å². The van der Waals surface area contributed by atoms with Gasteiger partial charge in [-0.15, -0.1) is 0 Å². The fourth-order valence-corrected chi connectivity index (χ4v) is 2.26. The summed E-state index contributed by atoms with van der Waals surface area (Å²) in [7, 11) is 1.45. The van der Waals surface area contributed by atoms with E-state index in [0.717, 1.165) is 19.4 Å². The lowest BCUT2D eigenvalue weighted by atomic mass is 10.1. The van der Waals surface area contributed by atoms with Crippen LogP contribution in [0.4, 0.5) is 11.4 Å². The van der Waals surface area contributed by atoms with E-state index in [1.807, 2.05) is 0 Å². The zero-order valence-electron chi connectivity index (χ0n) is 11.2. The number of anilines is 1. The van der Waals surface area contributed by atoms with E-state index in [9.17, 15) is 14.9 Å². The van der Waals surface area contributed by atoms with Gasteiger partial charge in [0.1, 0.15) is 5.75 Å². The highest BCUT2D eigenvalue weighted by Gasteiger charge is 2.19. The minimum Gasteiger partial charge on any atom is -0.495 e. The van der Waals surface area contributed by atoms with Crippen LogP contribution in [0.2, 0.25) is 0 Å². The molecule has 1 aromatic carbocycles. The Kier molecular flexibility index (Phi) is 4.52. The summed E-state index contributed by atoms with van der Waals surface area (Å²) in [5.74, 6) is 0.228. The number of hydrogen-bond acceptors (Lipinski definition) is 5. The van der Waals surface area contributed by atoms with Crippen LogP contribution in [-0.4, -0.2) is 30.5 Å². The van der Waals surface area contributed by atoms with E-state index >= 15 is 0 Å². The fourth-order valence-electron chi connectivity index (χ4n) is 2.26. The zero-order chi connectivity index (χ0) is 14.5. The van der Waals surface area contributed by atoms with Gasteiger partial charge in [0, 0.05) is 24.6 Å². The van der Waals surface area contributed by atoms with Crippen molar-refractivity contribution < 1.29 is 14.5 Å². The number of methoxy groups -OCH3 is 1. The SMILES string of the molecule is COc1ccc([N+](=O)[O-])cc1NC(=O)CC1CCCN1. The number of non-ortho nitro benzene ring substituents is 1. The number of carbonyl (C=O) groups is 1. The molecule has 108 valence electrons. The number of nitrogens with one attached hydrogen (secondary N) is 2. The molecule has 0 spiro atoms. The molecular formula is C13H17N3O4. The predicted molar refractivity (Wildman–Crippen MR) is 73.9 cm³/mol. The van der Waals surface area contributed by atoms with E-state index in [-0.39, 0.29) is 17.6 Å². The maximum absolute atomic E-state index is 11.9. The number of rotatable bonds is 5. The van der Waals surface area contributed by atoms with Crippen LogP contribution in [-0.2, 0) is 4.79 Å². The van der Waals surface area contributed by atoms with Gasteiger partial charge in [0.2, 0.25) is 5.91 Å². The largest absolute Gasteiger partial charge is 0.495 e. The minimum atomic E-state index is -0.506. The molecule has 0 bridgehead atoms. The molecule has 1 saturated heterocycles. The number of amides is 1. The molecule has 1 aliphatic heterocycles. The van der Waals surface area contributed by atoms with Crippen LogP contribution in [0.15, 0.2) is 18.2 Å². The molecule has 7 heteroatoms. The van der Waals surface area contributed by atoms with Crippen molar-refractivity contribution in [3.63, 3.8) is 0 Å². The lowest BCUT2D eigenvalue weighted by Gasteiger charge is -2.12. The Hall–Kier alpha value is -2.15. The molecule has 1 atom stereocenters. The van der Waals surface area contributed by atoms with Gasteiger partial charge in [-0.3, -0.25) is 14.9 Å². The highest BCUT2D eigenvalue weighted by molar-refractivity contribution is 5.93. The highest BCUT2D eigenvalue weighted by atomic mass is 16.6. The minimum absolute atomic E-state index is 0.0832. The van der Waals surface area contributed by atoms with Crippen LogP contribution < -0.4 is 15.4 Å². The molecule has 1 aliphatic rings. The van der Waals surface area contributed by atoms with Crippen molar-refractivity contribution in [3.8, 4) is 5.75 Å². The number of nitrogens with zero attached hydrogens (tertiary/aromatic N) is 1. The number of hydrogen-bond donors (Lipinski definition) is 2. The second-order valence-corrected chi connectivity index (χ2v) is 4.69. The summed E-state index contributed by atoms with van der Waals surface area (Å²) in [5.41, 5.74) is 0.241. The highest BCUT2D eigenvalue weighted by Crippen LogP contribution is 2.29. The molecule has 0 aliphatic carbocycles. The van der Waals surface area contributed by atoms with E-state index in [4.69, 9.17) is 4.74 Å².